The summed E-state index contributed by atoms with van der Waals surface area (Å²) < 4.78 is 5.27. The molecule has 1 saturated heterocycles. The minimum absolute atomic E-state index is 0.0679. The van der Waals surface area contributed by atoms with Crippen LogP contribution in [0.1, 0.15) is 32.1 Å². The molecule has 1 spiro atoms. The fourth-order valence-electron chi connectivity index (χ4n) is 2.70. The van der Waals surface area contributed by atoms with Crippen LogP contribution in [0.3, 0.4) is 0 Å². The molecule has 18 heavy (non-hydrogen) atoms. The zero-order chi connectivity index (χ0) is 13.0. The van der Waals surface area contributed by atoms with Crippen LogP contribution in [0.2, 0.25) is 0 Å². The second-order valence-electron chi connectivity index (χ2n) is 4.87. The number of thiol groups is 1. The Balaban J connectivity index is 1.92. The molecular weight excluding hydrogens is 252 g/mol. The first-order valence-corrected chi connectivity index (χ1v) is 7.15. The highest BCUT2D eigenvalue weighted by atomic mass is 32.1. The minimum Gasteiger partial charge on any atom is -0.379 e. The van der Waals surface area contributed by atoms with Crippen LogP contribution in [0, 0.1) is 0 Å². The van der Waals surface area contributed by atoms with Crippen LogP contribution in [-0.4, -0.2) is 47.9 Å². The number of imide groups is 1. The van der Waals surface area contributed by atoms with Crippen LogP contribution in [0.15, 0.2) is 0 Å². The Morgan fingerprint density at radius 2 is 1.94 bits per heavy atom. The molecular formula is C12H20N2O3S. The van der Waals surface area contributed by atoms with Gasteiger partial charge < -0.3 is 10.1 Å². The molecule has 0 aromatic heterocycles. The Bertz CT molecular complexity index is 329. The van der Waals surface area contributed by atoms with Crippen molar-refractivity contribution >= 4 is 24.6 Å². The smallest absolute Gasteiger partial charge is 0.325 e. The second-order valence-corrected chi connectivity index (χ2v) is 5.31. The van der Waals surface area contributed by atoms with Crippen LogP contribution in [0.25, 0.3) is 0 Å². The summed E-state index contributed by atoms with van der Waals surface area (Å²) in [6.45, 7) is 1.26. The molecule has 3 amide bonds. The predicted octanol–water partition coefficient (Wildman–Crippen LogP) is 1.19. The normalized spacial score (nSPS) is 22.6. The lowest BCUT2D eigenvalue weighted by Gasteiger charge is -2.30. The number of rotatable bonds is 5. The molecule has 0 radical (unpaired) electrons. The highest BCUT2D eigenvalue weighted by molar-refractivity contribution is 7.80. The summed E-state index contributed by atoms with van der Waals surface area (Å²) >= 11 is 4.03. The number of urea groups is 1. The molecule has 2 rings (SSSR count). The zero-order valence-electron chi connectivity index (χ0n) is 10.5. The summed E-state index contributed by atoms with van der Waals surface area (Å²) in [5.41, 5.74) is -0.612. The summed E-state index contributed by atoms with van der Waals surface area (Å²) in [5, 5.41) is 2.88. The Morgan fingerprint density at radius 3 is 2.61 bits per heavy atom. The number of amides is 3. The van der Waals surface area contributed by atoms with E-state index in [4.69, 9.17) is 4.74 Å². The Labute approximate surface area is 113 Å². The number of nitrogens with one attached hydrogen (secondary N) is 1. The zero-order valence-corrected chi connectivity index (χ0v) is 11.4. The lowest BCUT2D eigenvalue weighted by atomic mass is 9.82. The first kappa shape index (κ1) is 13.7. The maximum Gasteiger partial charge on any atom is 0.325 e. The van der Waals surface area contributed by atoms with Crippen LogP contribution >= 0.6 is 12.6 Å². The maximum atomic E-state index is 12.3. The molecule has 0 aromatic rings. The summed E-state index contributed by atoms with van der Waals surface area (Å²) in [6, 6.07) is -0.267. The molecule has 1 aliphatic carbocycles. The first-order chi connectivity index (χ1) is 8.69. The molecule has 0 aromatic carbocycles. The van der Waals surface area contributed by atoms with Crippen LogP contribution < -0.4 is 5.32 Å². The quantitative estimate of drug-likeness (QED) is 0.449. The van der Waals surface area contributed by atoms with Gasteiger partial charge in [0.2, 0.25) is 0 Å². The standard InChI is InChI=1S/C12H20N2O3S/c15-10-12(4-2-1-3-5-12)13-11(16)14(10)6-7-17-8-9-18/h18H,1-9H2,(H,13,16). The van der Waals surface area contributed by atoms with Gasteiger partial charge in [0.15, 0.2) is 0 Å². The largest absolute Gasteiger partial charge is 0.379 e. The Kier molecular flexibility index (Phi) is 4.50. The van der Waals surface area contributed by atoms with E-state index >= 15 is 0 Å². The van der Waals surface area contributed by atoms with Gasteiger partial charge in [-0.15, -0.1) is 0 Å². The predicted molar refractivity (Wildman–Crippen MR) is 70.7 cm³/mol. The first-order valence-electron chi connectivity index (χ1n) is 6.52. The van der Waals surface area contributed by atoms with Crippen molar-refractivity contribution in [1.29, 1.82) is 0 Å². The molecule has 102 valence electrons. The monoisotopic (exact) mass is 272 g/mol. The number of carbonyl (C=O) groups excluding carboxylic acids is 2. The maximum absolute atomic E-state index is 12.3. The average Bonchev–Trinajstić information content (AvgIpc) is 2.59. The molecule has 5 nitrogen and oxygen atoms in total. The number of ether oxygens (including phenoxy) is 1. The summed E-state index contributed by atoms with van der Waals surface area (Å²) in [6.07, 6.45) is 4.71. The highest BCUT2D eigenvalue weighted by Gasteiger charge is 2.50. The van der Waals surface area contributed by atoms with E-state index in [9.17, 15) is 9.59 Å². The molecule has 1 N–H and O–H groups in total. The van der Waals surface area contributed by atoms with Crippen LogP contribution in [0.5, 0.6) is 0 Å². The van der Waals surface area contributed by atoms with Gasteiger partial charge in [-0.05, 0) is 12.8 Å². The summed E-state index contributed by atoms with van der Waals surface area (Å²) in [4.78, 5) is 25.5. The molecule has 1 aliphatic heterocycles. The molecule has 0 bridgehead atoms. The molecule has 2 fully saturated rings. The minimum atomic E-state index is -0.612. The fraction of sp³-hybridized carbons (Fsp3) is 0.833. The van der Waals surface area contributed by atoms with E-state index in [1.807, 2.05) is 0 Å². The number of carbonyl (C=O) groups is 2. The van der Waals surface area contributed by atoms with Crippen molar-refractivity contribution in [3.63, 3.8) is 0 Å². The SMILES string of the molecule is O=C1NC2(CCCCC2)C(=O)N1CCOCCS. The topological polar surface area (TPSA) is 58.6 Å². The van der Waals surface area contributed by atoms with Crippen molar-refractivity contribution in [2.75, 3.05) is 25.5 Å². The van der Waals surface area contributed by atoms with Crippen molar-refractivity contribution < 1.29 is 14.3 Å². The average molecular weight is 272 g/mol. The third-order valence-corrected chi connectivity index (χ3v) is 3.83. The van der Waals surface area contributed by atoms with E-state index in [0.717, 1.165) is 32.1 Å². The van der Waals surface area contributed by atoms with E-state index in [0.29, 0.717) is 25.5 Å². The van der Waals surface area contributed by atoms with Crippen LogP contribution in [0.4, 0.5) is 4.79 Å². The number of hydrogen-bond acceptors (Lipinski definition) is 4. The van der Waals surface area contributed by atoms with Gasteiger partial charge in [-0.3, -0.25) is 9.69 Å². The van der Waals surface area contributed by atoms with E-state index in [-0.39, 0.29) is 11.9 Å². The van der Waals surface area contributed by atoms with Gasteiger partial charge >= 0.3 is 6.03 Å². The fourth-order valence-corrected chi connectivity index (χ4v) is 2.83. The van der Waals surface area contributed by atoms with Crippen molar-refractivity contribution in [1.82, 2.24) is 10.2 Å². The second kappa shape index (κ2) is 5.93. The van der Waals surface area contributed by atoms with Gasteiger partial charge in [-0.1, -0.05) is 19.3 Å². The van der Waals surface area contributed by atoms with Gasteiger partial charge in [0.05, 0.1) is 19.8 Å². The van der Waals surface area contributed by atoms with Gasteiger partial charge in [-0.2, -0.15) is 12.6 Å². The van der Waals surface area contributed by atoms with Gasteiger partial charge in [0.25, 0.3) is 5.91 Å². The van der Waals surface area contributed by atoms with Crippen molar-refractivity contribution in [2.24, 2.45) is 0 Å². The molecule has 1 saturated carbocycles. The van der Waals surface area contributed by atoms with E-state index in [1.54, 1.807) is 0 Å². The van der Waals surface area contributed by atoms with Gasteiger partial charge in [0.1, 0.15) is 5.54 Å². The summed E-state index contributed by atoms with van der Waals surface area (Å²) in [7, 11) is 0. The van der Waals surface area contributed by atoms with Crippen LogP contribution in [-0.2, 0) is 9.53 Å². The number of nitrogens with zero attached hydrogens (tertiary/aromatic N) is 1. The Morgan fingerprint density at radius 1 is 1.22 bits per heavy atom. The molecule has 0 atom stereocenters. The molecule has 0 unspecified atom stereocenters. The van der Waals surface area contributed by atoms with Crippen molar-refractivity contribution in [2.45, 2.75) is 37.6 Å². The highest BCUT2D eigenvalue weighted by Crippen LogP contribution is 2.33. The summed E-state index contributed by atoms with van der Waals surface area (Å²) in [5.74, 6) is 0.575. The lowest BCUT2D eigenvalue weighted by Crippen LogP contribution is -2.48. The van der Waals surface area contributed by atoms with E-state index in [2.05, 4.69) is 17.9 Å². The number of hydrogen-bond donors (Lipinski definition) is 2. The van der Waals surface area contributed by atoms with Gasteiger partial charge in [-0.25, -0.2) is 4.79 Å². The Hall–Kier alpha value is -0.750. The third-order valence-electron chi connectivity index (χ3n) is 3.65. The third kappa shape index (κ3) is 2.64. The lowest BCUT2D eigenvalue weighted by molar-refractivity contribution is -0.132. The molecule has 1 heterocycles. The molecule has 2 aliphatic rings. The molecule has 6 heteroatoms. The van der Waals surface area contributed by atoms with Crippen molar-refractivity contribution in [3.05, 3.63) is 0 Å². The van der Waals surface area contributed by atoms with Gasteiger partial charge in [0, 0.05) is 5.75 Å². The van der Waals surface area contributed by atoms with E-state index in [1.165, 1.54) is 4.90 Å². The van der Waals surface area contributed by atoms with E-state index < -0.39 is 5.54 Å². The van der Waals surface area contributed by atoms with Crippen molar-refractivity contribution in [3.8, 4) is 0 Å².